The third kappa shape index (κ3) is 2.82. The van der Waals surface area contributed by atoms with E-state index in [-0.39, 0.29) is 11.5 Å². The fourth-order valence-electron chi connectivity index (χ4n) is 2.99. The van der Waals surface area contributed by atoms with E-state index in [1.54, 1.807) is 13.8 Å². The molecule has 2 heterocycles. The zero-order valence-corrected chi connectivity index (χ0v) is 12.7. The van der Waals surface area contributed by atoms with Gasteiger partial charge in [-0.2, -0.15) is 0 Å². The van der Waals surface area contributed by atoms with Gasteiger partial charge in [0, 0.05) is 25.9 Å². The lowest BCUT2D eigenvalue weighted by molar-refractivity contribution is -0.119. The van der Waals surface area contributed by atoms with Crippen molar-refractivity contribution in [2.75, 3.05) is 26.1 Å². The number of rotatable bonds is 3. The zero-order chi connectivity index (χ0) is 14.3. The second-order valence-corrected chi connectivity index (χ2v) is 9.00. The molecule has 5 nitrogen and oxygen atoms in total. The predicted octanol–water partition coefficient (Wildman–Crippen LogP) is 0.756. The van der Waals surface area contributed by atoms with Crippen LogP contribution in [0.3, 0.4) is 0 Å². The van der Waals surface area contributed by atoms with Crippen LogP contribution in [0.25, 0.3) is 0 Å². The summed E-state index contributed by atoms with van der Waals surface area (Å²) >= 11 is 0. The SMILES string of the molecule is CC(C)(C(O)C1CCOC2(CCOC2)C1)S(C)(=O)=O. The molecular formula is C13H24O5S. The Hall–Kier alpha value is -0.170. The molecule has 0 saturated carbocycles. The smallest absolute Gasteiger partial charge is 0.155 e. The van der Waals surface area contributed by atoms with Gasteiger partial charge in [-0.1, -0.05) is 0 Å². The Labute approximate surface area is 115 Å². The lowest BCUT2D eigenvalue weighted by atomic mass is 9.79. The molecule has 0 bridgehead atoms. The molecule has 112 valence electrons. The zero-order valence-electron chi connectivity index (χ0n) is 11.9. The molecule has 2 aliphatic heterocycles. The van der Waals surface area contributed by atoms with Crippen molar-refractivity contribution in [2.45, 2.75) is 49.6 Å². The van der Waals surface area contributed by atoms with E-state index in [9.17, 15) is 13.5 Å². The molecule has 3 atom stereocenters. The lowest BCUT2D eigenvalue weighted by Crippen LogP contribution is -2.52. The van der Waals surface area contributed by atoms with Gasteiger partial charge in [-0.05, 0) is 32.6 Å². The molecule has 0 aliphatic carbocycles. The van der Waals surface area contributed by atoms with Crippen molar-refractivity contribution in [1.82, 2.24) is 0 Å². The predicted molar refractivity (Wildman–Crippen MR) is 71.8 cm³/mol. The third-order valence-electron chi connectivity index (χ3n) is 4.71. The van der Waals surface area contributed by atoms with Crippen molar-refractivity contribution in [1.29, 1.82) is 0 Å². The molecule has 2 rings (SSSR count). The molecule has 2 saturated heterocycles. The molecule has 1 N–H and O–H groups in total. The first-order chi connectivity index (χ1) is 8.68. The summed E-state index contributed by atoms with van der Waals surface area (Å²) in [5, 5.41) is 10.5. The Kier molecular flexibility index (Phi) is 3.99. The minimum atomic E-state index is -3.31. The first-order valence-electron chi connectivity index (χ1n) is 6.77. The van der Waals surface area contributed by atoms with Gasteiger partial charge in [-0.3, -0.25) is 0 Å². The Balaban J connectivity index is 2.13. The second-order valence-electron chi connectivity index (χ2n) is 6.41. The fraction of sp³-hybridized carbons (Fsp3) is 1.00. The molecule has 0 aromatic heterocycles. The summed E-state index contributed by atoms with van der Waals surface area (Å²) in [6.45, 7) is 4.99. The van der Waals surface area contributed by atoms with E-state index in [4.69, 9.17) is 9.47 Å². The molecule has 19 heavy (non-hydrogen) atoms. The first-order valence-corrected chi connectivity index (χ1v) is 8.66. The highest BCUT2D eigenvalue weighted by molar-refractivity contribution is 7.92. The van der Waals surface area contributed by atoms with E-state index in [1.807, 2.05) is 0 Å². The summed E-state index contributed by atoms with van der Waals surface area (Å²) < 4.78 is 33.8. The molecule has 2 aliphatic rings. The molecule has 6 heteroatoms. The minimum absolute atomic E-state index is 0.0554. The van der Waals surface area contributed by atoms with Crippen molar-refractivity contribution in [3.8, 4) is 0 Å². The summed E-state index contributed by atoms with van der Waals surface area (Å²) in [5.74, 6) is -0.0554. The molecule has 0 radical (unpaired) electrons. The summed E-state index contributed by atoms with van der Waals surface area (Å²) in [7, 11) is -3.31. The van der Waals surface area contributed by atoms with Crippen LogP contribution >= 0.6 is 0 Å². The average molecular weight is 292 g/mol. The minimum Gasteiger partial charge on any atom is -0.391 e. The van der Waals surface area contributed by atoms with Gasteiger partial charge in [0.15, 0.2) is 9.84 Å². The van der Waals surface area contributed by atoms with Crippen LogP contribution in [-0.2, 0) is 19.3 Å². The maximum atomic E-state index is 11.8. The number of aliphatic hydroxyl groups excluding tert-OH is 1. The maximum Gasteiger partial charge on any atom is 0.155 e. The highest BCUT2D eigenvalue weighted by Crippen LogP contribution is 2.40. The van der Waals surface area contributed by atoms with Crippen LogP contribution in [0.1, 0.15) is 33.1 Å². The van der Waals surface area contributed by atoms with Crippen molar-refractivity contribution in [3.05, 3.63) is 0 Å². The van der Waals surface area contributed by atoms with Crippen LogP contribution in [0.2, 0.25) is 0 Å². The van der Waals surface area contributed by atoms with Crippen molar-refractivity contribution in [3.63, 3.8) is 0 Å². The molecule has 1 spiro atoms. The normalized spacial score (nSPS) is 34.6. The summed E-state index contributed by atoms with van der Waals surface area (Å²) in [4.78, 5) is 0. The molecule has 0 amide bonds. The lowest BCUT2D eigenvalue weighted by Gasteiger charge is -2.42. The maximum absolute atomic E-state index is 11.8. The van der Waals surface area contributed by atoms with E-state index in [0.717, 1.165) is 6.42 Å². The second kappa shape index (κ2) is 4.98. The molecule has 0 aromatic rings. The molecule has 0 aromatic carbocycles. The van der Waals surface area contributed by atoms with Gasteiger partial charge >= 0.3 is 0 Å². The summed E-state index contributed by atoms with van der Waals surface area (Å²) in [6.07, 6.45) is 2.51. The van der Waals surface area contributed by atoms with Gasteiger partial charge in [-0.25, -0.2) is 8.42 Å². The van der Waals surface area contributed by atoms with Crippen LogP contribution in [0, 0.1) is 5.92 Å². The van der Waals surface area contributed by atoms with E-state index in [2.05, 4.69) is 0 Å². The third-order valence-corrected chi connectivity index (χ3v) is 6.87. The molecule has 3 unspecified atom stereocenters. The van der Waals surface area contributed by atoms with Gasteiger partial charge in [-0.15, -0.1) is 0 Å². The highest BCUT2D eigenvalue weighted by Gasteiger charge is 2.48. The van der Waals surface area contributed by atoms with Crippen LogP contribution < -0.4 is 0 Å². The Morgan fingerprint density at radius 2 is 2.05 bits per heavy atom. The average Bonchev–Trinajstić information content (AvgIpc) is 2.74. The highest BCUT2D eigenvalue weighted by atomic mass is 32.2. The van der Waals surface area contributed by atoms with Gasteiger partial charge in [0.1, 0.15) is 0 Å². The fourth-order valence-corrected chi connectivity index (χ4v) is 3.62. The van der Waals surface area contributed by atoms with Gasteiger partial charge in [0.2, 0.25) is 0 Å². The summed E-state index contributed by atoms with van der Waals surface area (Å²) in [5.41, 5.74) is -0.308. The van der Waals surface area contributed by atoms with Crippen LogP contribution in [0.5, 0.6) is 0 Å². The quantitative estimate of drug-likeness (QED) is 0.831. The Bertz CT molecular complexity index is 422. The van der Waals surface area contributed by atoms with Crippen LogP contribution in [0.4, 0.5) is 0 Å². The van der Waals surface area contributed by atoms with E-state index in [1.165, 1.54) is 6.26 Å². The first kappa shape index (κ1) is 15.2. The van der Waals surface area contributed by atoms with Crippen LogP contribution in [0.15, 0.2) is 0 Å². The van der Waals surface area contributed by atoms with Gasteiger partial charge in [0.05, 0.1) is 23.1 Å². The number of sulfone groups is 1. The summed E-state index contributed by atoms with van der Waals surface area (Å²) in [6, 6.07) is 0. The number of ether oxygens (including phenoxy) is 2. The number of hydrogen-bond donors (Lipinski definition) is 1. The Morgan fingerprint density at radius 1 is 1.37 bits per heavy atom. The van der Waals surface area contributed by atoms with Gasteiger partial charge < -0.3 is 14.6 Å². The van der Waals surface area contributed by atoms with Crippen molar-refractivity contribution < 1.29 is 23.0 Å². The van der Waals surface area contributed by atoms with E-state index in [0.29, 0.717) is 32.7 Å². The molecular weight excluding hydrogens is 268 g/mol. The van der Waals surface area contributed by atoms with E-state index >= 15 is 0 Å². The van der Waals surface area contributed by atoms with Gasteiger partial charge in [0.25, 0.3) is 0 Å². The number of aliphatic hydroxyl groups is 1. The number of hydrogen-bond acceptors (Lipinski definition) is 5. The van der Waals surface area contributed by atoms with E-state index < -0.39 is 20.7 Å². The Morgan fingerprint density at radius 3 is 2.58 bits per heavy atom. The standard InChI is InChI=1S/C13H24O5S/c1-12(2,19(3,15)16)11(14)10-4-6-18-13(8-10)5-7-17-9-13/h10-11,14H,4-9H2,1-3H3. The largest absolute Gasteiger partial charge is 0.391 e. The molecule has 2 fully saturated rings. The van der Waals surface area contributed by atoms with Crippen LogP contribution in [-0.4, -0.2) is 56.1 Å². The topological polar surface area (TPSA) is 72.8 Å². The van der Waals surface area contributed by atoms with Crippen molar-refractivity contribution in [2.24, 2.45) is 5.92 Å². The monoisotopic (exact) mass is 292 g/mol. The van der Waals surface area contributed by atoms with Crippen molar-refractivity contribution >= 4 is 9.84 Å².